The molecule has 0 bridgehead atoms. The molecule has 0 radical (unpaired) electrons. The summed E-state index contributed by atoms with van der Waals surface area (Å²) >= 11 is 0. The van der Waals surface area contributed by atoms with E-state index in [9.17, 15) is 9.18 Å². The van der Waals surface area contributed by atoms with E-state index in [4.69, 9.17) is 9.57 Å². The van der Waals surface area contributed by atoms with E-state index in [1.165, 1.54) is 45.3 Å². The molecule has 1 aromatic carbocycles. The molecule has 2 heterocycles. The number of aryl methyl sites for hydroxylation is 1. The summed E-state index contributed by atoms with van der Waals surface area (Å²) in [6, 6.07) is 6.13. The highest BCUT2D eigenvalue weighted by Crippen LogP contribution is 2.32. The summed E-state index contributed by atoms with van der Waals surface area (Å²) in [6.07, 6.45) is 6.95. The maximum atomic E-state index is 13.6. The Kier molecular flexibility index (Phi) is 10.4. The van der Waals surface area contributed by atoms with Gasteiger partial charge in [-0.25, -0.2) is 14.4 Å². The highest BCUT2D eigenvalue weighted by atomic mass is 19.1. The SMILES string of the molecule is C.CC.COc1cc(CNC(=O)c2cc(C3=NOC(C4CCCCC4)C3)nc(C)n2)ccc1F. The largest absolute Gasteiger partial charge is 0.494 e. The van der Waals surface area contributed by atoms with E-state index in [0.29, 0.717) is 23.9 Å². The van der Waals surface area contributed by atoms with E-state index in [2.05, 4.69) is 20.4 Å². The molecule has 1 aromatic heterocycles. The third-order valence-electron chi connectivity index (χ3n) is 5.90. The van der Waals surface area contributed by atoms with Crippen LogP contribution in [-0.4, -0.2) is 34.8 Å². The van der Waals surface area contributed by atoms with Crippen LogP contribution >= 0.6 is 0 Å². The first-order valence-electron chi connectivity index (χ1n) is 11.7. The fourth-order valence-electron chi connectivity index (χ4n) is 4.23. The number of methoxy groups -OCH3 is 1. The second kappa shape index (κ2) is 13.0. The van der Waals surface area contributed by atoms with Gasteiger partial charge in [-0.2, -0.15) is 0 Å². The third kappa shape index (κ3) is 6.74. The van der Waals surface area contributed by atoms with Gasteiger partial charge >= 0.3 is 0 Å². The minimum absolute atomic E-state index is 0. The highest BCUT2D eigenvalue weighted by molar-refractivity contribution is 6.01. The molecule has 1 atom stereocenters. The van der Waals surface area contributed by atoms with Crippen LogP contribution in [0.1, 0.15) is 87.4 Å². The average Bonchev–Trinajstić information content (AvgIpc) is 3.35. The monoisotopic (exact) mass is 472 g/mol. The van der Waals surface area contributed by atoms with Crippen molar-refractivity contribution < 1.29 is 18.8 Å². The number of nitrogens with one attached hydrogen (secondary N) is 1. The van der Waals surface area contributed by atoms with Crippen molar-refractivity contribution in [2.75, 3.05) is 7.11 Å². The predicted molar refractivity (Wildman–Crippen MR) is 132 cm³/mol. The van der Waals surface area contributed by atoms with Gasteiger partial charge in [-0.3, -0.25) is 4.79 Å². The topological polar surface area (TPSA) is 85.7 Å². The molecule has 2 aliphatic rings. The Bertz CT molecular complexity index is 990. The molecule has 7 nitrogen and oxygen atoms in total. The van der Waals surface area contributed by atoms with Crippen molar-refractivity contribution in [1.29, 1.82) is 0 Å². The van der Waals surface area contributed by atoms with Crippen molar-refractivity contribution in [2.24, 2.45) is 11.1 Å². The molecule has 1 unspecified atom stereocenters. The number of amides is 1. The Hall–Kier alpha value is -3.03. The predicted octanol–water partition coefficient (Wildman–Crippen LogP) is 5.60. The third-order valence-corrected chi connectivity index (χ3v) is 5.90. The Morgan fingerprint density at radius 3 is 2.62 bits per heavy atom. The van der Waals surface area contributed by atoms with Crippen LogP contribution in [0.3, 0.4) is 0 Å². The first-order valence-corrected chi connectivity index (χ1v) is 11.7. The average molecular weight is 473 g/mol. The lowest BCUT2D eigenvalue weighted by atomic mass is 9.83. The van der Waals surface area contributed by atoms with Gasteiger partial charge in [0, 0.05) is 13.0 Å². The summed E-state index contributed by atoms with van der Waals surface area (Å²) in [6.45, 7) is 5.97. The molecular formula is C26H37FN4O3. The lowest BCUT2D eigenvalue weighted by molar-refractivity contribution is 0.0268. The number of aromatic nitrogens is 2. The van der Waals surface area contributed by atoms with E-state index in [1.54, 1.807) is 25.1 Å². The molecule has 186 valence electrons. The first-order chi connectivity index (χ1) is 16.0. The van der Waals surface area contributed by atoms with E-state index in [1.807, 2.05) is 13.8 Å². The van der Waals surface area contributed by atoms with Crippen LogP contribution in [0, 0.1) is 18.7 Å². The van der Waals surface area contributed by atoms with Crippen molar-refractivity contribution in [3.8, 4) is 5.75 Å². The molecule has 8 heteroatoms. The van der Waals surface area contributed by atoms with Crippen LogP contribution in [0.2, 0.25) is 0 Å². The first kappa shape index (κ1) is 27.2. The van der Waals surface area contributed by atoms with Crippen LogP contribution in [-0.2, 0) is 11.4 Å². The maximum absolute atomic E-state index is 13.6. The molecule has 1 aliphatic heterocycles. The molecule has 1 saturated carbocycles. The lowest BCUT2D eigenvalue weighted by Crippen LogP contribution is -2.25. The standard InChI is InChI=1S/C23H27FN4O3.C2H6.CH4/c1-14-26-18(19-12-21(31-28-19)16-6-4-3-5-7-16)11-20(27-14)23(29)25-13-15-8-9-17(24)22(10-15)30-2;1-2;/h8-11,16,21H,3-7,12-13H2,1-2H3,(H,25,29);1-2H3;1H4. The Morgan fingerprint density at radius 1 is 1.18 bits per heavy atom. The molecule has 0 saturated heterocycles. The highest BCUT2D eigenvalue weighted by Gasteiger charge is 2.32. The maximum Gasteiger partial charge on any atom is 0.270 e. The van der Waals surface area contributed by atoms with Gasteiger partial charge in [0.2, 0.25) is 0 Å². The van der Waals surface area contributed by atoms with E-state index >= 15 is 0 Å². The smallest absolute Gasteiger partial charge is 0.270 e. The zero-order valence-corrected chi connectivity index (χ0v) is 19.9. The summed E-state index contributed by atoms with van der Waals surface area (Å²) in [7, 11) is 1.40. The number of ether oxygens (including phenoxy) is 1. The zero-order valence-electron chi connectivity index (χ0n) is 19.9. The van der Waals surface area contributed by atoms with Gasteiger partial charge < -0.3 is 14.9 Å². The molecular weight excluding hydrogens is 435 g/mol. The van der Waals surface area contributed by atoms with Crippen molar-refractivity contribution in [2.45, 2.75) is 79.4 Å². The summed E-state index contributed by atoms with van der Waals surface area (Å²) in [5, 5.41) is 7.08. The van der Waals surface area contributed by atoms with Crippen molar-refractivity contribution in [1.82, 2.24) is 15.3 Å². The number of carbonyl (C=O) groups excluding carboxylic acids is 1. The molecule has 34 heavy (non-hydrogen) atoms. The van der Waals surface area contributed by atoms with E-state index in [0.717, 1.165) is 11.3 Å². The van der Waals surface area contributed by atoms with Gasteiger partial charge in [-0.15, -0.1) is 0 Å². The fourth-order valence-corrected chi connectivity index (χ4v) is 4.23. The van der Waals surface area contributed by atoms with E-state index < -0.39 is 5.82 Å². The van der Waals surface area contributed by atoms with Crippen molar-refractivity contribution in [3.63, 3.8) is 0 Å². The minimum atomic E-state index is -0.445. The van der Waals surface area contributed by atoms with Gasteiger partial charge in [0.25, 0.3) is 5.91 Å². The molecule has 1 aliphatic carbocycles. The number of hydrogen-bond donors (Lipinski definition) is 1. The molecule has 1 N–H and O–H groups in total. The van der Waals surface area contributed by atoms with Crippen LogP contribution < -0.4 is 10.1 Å². The van der Waals surface area contributed by atoms with Crippen molar-refractivity contribution in [3.05, 3.63) is 52.9 Å². The number of rotatable bonds is 6. The van der Waals surface area contributed by atoms with Gasteiger partial charge in [0.15, 0.2) is 11.6 Å². The molecule has 0 spiro atoms. The van der Waals surface area contributed by atoms with Crippen LogP contribution in [0.25, 0.3) is 0 Å². The fraction of sp³-hybridized carbons (Fsp3) is 0.538. The lowest BCUT2D eigenvalue weighted by Gasteiger charge is -2.25. The summed E-state index contributed by atoms with van der Waals surface area (Å²) in [5.74, 6) is 0.389. The number of oxime groups is 1. The second-order valence-corrected chi connectivity index (χ2v) is 8.12. The second-order valence-electron chi connectivity index (χ2n) is 8.12. The number of benzene rings is 1. The quantitative estimate of drug-likeness (QED) is 0.592. The molecule has 2 aromatic rings. The zero-order chi connectivity index (χ0) is 23.8. The number of hydrogen-bond acceptors (Lipinski definition) is 6. The Balaban J connectivity index is 0.00000133. The summed E-state index contributed by atoms with van der Waals surface area (Å²) < 4.78 is 18.6. The molecule has 1 amide bonds. The van der Waals surface area contributed by atoms with Crippen molar-refractivity contribution >= 4 is 11.6 Å². The van der Waals surface area contributed by atoms with Gasteiger partial charge in [0.05, 0.1) is 12.8 Å². The number of nitrogens with zero attached hydrogens (tertiary/aromatic N) is 3. The van der Waals surface area contributed by atoms with Crippen LogP contribution in [0.5, 0.6) is 5.75 Å². The minimum Gasteiger partial charge on any atom is -0.494 e. The summed E-state index contributed by atoms with van der Waals surface area (Å²) in [4.78, 5) is 27.2. The van der Waals surface area contributed by atoms with Crippen LogP contribution in [0.4, 0.5) is 4.39 Å². The summed E-state index contributed by atoms with van der Waals surface area (Å²) in [5.41, 5.74) is 2.37. The number of carbonyl (C=O) groups is 1. The molecule has 4 rings (SSSR count). The molecule has 1 fully saturated rings. The number of halogens is 1. The van der Waals surface area contributed by atoms with Gasteiger partial charge in [-0.1, -0.05) is 51.8 Å². The normalized spacial score (nSPS) is 17.4. The van der Waals surface area contributed by atoms with Crippen LogP contribution in [0.15, 0.2) is 29.4 Å². The van der Waals surface area contributed by atoms with Gasteiger partial charge in [0.1, 0.15) is 23.3 Å². The van der Waals surface area contributed by atoms with E-state index in [-0.39, 0.29) is 37.4 Å². The Morgan fingerprint density at radius 2 is 1.91 bits per heavy atom. The Labute approximate surface area is 202 Å². The van der Waals surface area contributed by atoms with Gasteiger partial charge in [-0.05, 0) is 49.4 Å².